The Morgan fingerprint density at radius 1 is 0.829 bits per heavy atom. The number of thiazole rings is 1. The van der Waals surface area contributed by atoms with Crippen LogP contribution >= 0.6 is 46.1 Å². The molecule has 0 aliphatic carbocycles. The zero-order valence-corrected chi connectivity index (χ0v) is 24.1. The van der Waals surface area contributed by atoms with Crippen molar-refractivity contribution in [1.82, 2.24) is 10.3 Å². The van der Waals surface area contributed by atoms with E-state index in [-0.39, 0.29) is 10.8 Å². The molecule has 4 rings (SSSR count). The van der Waals surface area contributed by atoms with Crippen molar-refractivity contribution in [3.8, 4) is 0 Å². The van der Waals surface area contributed by atoms with E-state index in [9.17, 15) is 27.6 Å². The molecule has 0 saturated carbocycles. The fourth-order valence-electron chi connectivity index (χ4n) is 3.29. The predicted molar refractivity (Wildman–Crippen MR) is 156 cm³/mol. The van der Waals surface area contributed by atoms with Gasteiger partial charge < -0.3 is 10.6 Å². The van der Waals surface area contributed by atoms with Crippen LogP contribution in [-0.4, -0.2) is 35.0 Å². The van der Waals surface area contributed by atoms with Gasteiger partial charge >= 0.3 is 6.18 Å². The highest BCUT2D eigenvalue weighted by Crippen LogP contribution is 2.33. The van der Waals surface area contributed by atoms with Crippen LogP contribution in [0.4, 0.5) is 18.3 Å². The molecule has 1 aromatic heterocycles. The molecule has 0 unspecified atom stereocenters. The van der Waals surface area contributed by atoms with Crippen molar-refractivity contribution in [2.24, 2.45) is 0 Å². The number of carbonyl (C=O) groups excluding carboxylic acids is 3. The van der Waals surface area contributed by atoms with Gasteiger partial charge in [-0.1, -0.05) is 52.7 Å². The van der Waals surface area contributed by atoms with Crippen LogP contribution in [0.1, 0.15) is 47.9 Å². The number of carbonyl (C=O) groups is 3. The van der Waals surface area contributed by atoms with Crippen LogP contribution in [0.2, 0.25) is 10.0 Å². The van der Waals surface area contributed by atoms with Gasteiger partial charge in [0.2, 0.25) is 5.78 Å². The van der Waals surface area contributed by atoms with E-state index in [0.717, 1.165) is 23.5 Å². The summed E-state index contributed by atoms with van der Waals surface area (Å²) in [5.74, 6) is -0.948. The lowest BCUT2D eigenvalue weighted by Gasteiger charge is -2.10. The molecule has 3 aromatic carbocycles. The summed E-state index contributed by atoms with van der Waals surface area (Å²) in [5.41, 5.74) is -0.417. The number of anilines is 1. The van der Waals surface area contributed by atoms with Crippen LogP contribution < -0.4 is 10.6 Å². The van der Waals surface area contributed by atoms with Gasteiger partial charge in [-0.2, -0.15) is 13.2 Å². The van der Waals surface area contributed by atoms with E-state index < -0.39 is 28.3 Å². The van der Waals surface area contributed by atoms with E-state index in [1.165, 1.54) is 18.3 Å². The minimum Gasteiger partial charge on any atom is -0.361 e. The molecule has 0 aliphatic heterocycles. The summed E-state index contributed by atoms with van der Waals surface area (Å²) in [7, 11) is 0. The topological polar surface area (TPSA) is 88.2 Å². The van der Waals surface area contributed by atoms with Gasteiger partial charge in [0.05, 0.1) is 16.6 Å². The van der Waals surface area contributed by atoms with E-state index in [0.29, 0.717) is 45.8 Å². The zero-order chi connectivity index (χ0) is 30.0. The summed E-state index contributed by atoms with van der Waals surface area (Å²) in [5, 5.41) is 6.87. The van der Waals surface area contributed by atoms with Crippen molar-refractivity contribution in [2.45, 2.75) is 12.6 Å². The monoisotopic (exact) mass is 641 g/mol. The minimum atomic E-state index is -4.62. The van der Waals surface area contributed by atoms with Crippen molar-refractivity contribution < 1.29 is 27.6 Å². The first kappa shape index (κ1) is 32.1. The molecular weight excluding hydrogens is 622 g/mol. The normalized spacial score (nSPS) is 10.8. The van der Waals surface area contributed by atoms with Crippen molar-refractivity contribution >= 4 is 68.2 Å². The number of nitrogens with one attached hydrogen (secondary N) is 2. The minimum absolute atomic E-state index is 0.107. The van der Waals surface area contributed by atoms with Gasteiger partial charge in [0.1, 0.15) is 0 Å². The SMILES string of the molecule is O=C(Cl)c1ccc(Cl)cc1.O=C(NCCCNc1ncc(C(=O)c2ccccc2C(F)(F)F)s1)c1ccc(Cl)cc1. The number of alkyl halides is 3. The summed E-state index contributed by atoms with van der Waals surface area (Å²) < 4.78 is 39.4. The number of rotatable bonds is 9. The smallest absolute Gasteiger partial charge is 0.361 e. The third-order valence-corrected chi connectivity index (χ3v) is 6.98. The first-order valence-electron chi connectivity index (χ1n) is 11.9. The molecule has 2 N–H and O–H groups in total. The van der Waals surface area contributed by atoms with Crippen LogP contribution in [-0.2, 0) is 6.18 Å². The maximum atomic E-state index is 13.1. The van der Waals surface area contributed by atoms with Crippen LogP contribution in [0.5, 0.6) is 0 Å². The van der Waals surface area contributed by atoms with Crippen LogP contribution in [0.15, 0.2) is 79.0 Å². The Bertz CT molecular complexity index is 1500. The maximum absolute atomic E-state index is 13.1. The van der Waals surface area contributed by atoms with Gasteiger partial charge in [-0.15, -0.1) is 0 Å². The quantitative estimate of drug-likeness (QED) is 0.110. The molecule has 0 saturated heterocycles. The molecule has 1 heterocycles. The molecule has 41 heavy (non-hydrogen) atoms. The van der Waals surface area contributed by atoms with E-state index >= 15 is 0 Å². The fraction of sp³-hybridized carbons (Fsp3) is 0.143. The highest BCUT2D eigenvalue weighted by atomic mass is 35.5. The Morgan fingerprint density at radius 3 is 2.00 bits per heavy atom. The number of halogens is 6. The maximum Gasteiger partial charge on any atom is 0.417 e. The average Bonchev–Trinajstić information content (AvgIpc) is 3.42. The van der Waals surface area contributed by atoms with Crippen molar-refractivity contribution in [3.63, 3.8) is 0 Å². The molecule has 1 amide bonds. The van der Waals surface area contributed by atoms with Gasteiger partial charge in [0.15, 0.2) is 5.13 Å². The fourth-order valence-corrected chi connectivity index (χ4v) is 4.47. The third-order valence-electron chi connectivity index (χ3n) is 5.30. The Hall–Kier alpha value is -3.44. The predicted octanol–water partition coefficient (Wildman–Crippen LogP) is 8.00. The summed E-state index contributed by atoms with van der Waals surface area (Å²) in [6.07, 6.45) is -2.78. The molecule has 4 aromatic rings. The van der Waals surface area contributed by atoms with Gasteiger partial charge in [-0.25, -0.2) is 4.98 Å². The summed E-state index contributed by atoms with van der Waals surface area (Å²) in [6, 6.07) is 17.6. The summed E-state index contributed by atoms with van der Waals surface area (Å²) >= 11 is 17.5. The molecule has 0 fully saturated rings. The number of hydrogen-bond donors (Lipinski definition) is 2. The molecule has 6 nitrogen and oxygen atoms in total. The lowest BCUT2D eigenvalue weighted by molar-refractivity contribution is -0.137. The second-order valence-corrected chi connectivity index (χ2v) is 10.5. The summed E-state index contributed by atoms with van der Waals surface area (Å²) in [4.78, 5) is 39.2. The summed E-state index contributed by atoms with van der Waals surface area (Å²) in [6.45, 7) is 0.867. The number of aromatic nitrogens is 1. The van der Waals surface area contributed by atoms with E-state index in [4.69, 9.17) is 34.8 Å². The Morgan fingerprint density at radius 2 is 1.41 bits per heavy atom. The number of ketones is 1. The Balaban J connectivity index is 0.000000389. The zero-order valence-electron chi connectivity index (χ0n) is 21.0. The van der Waals surface area contributed by atoms with Crippen molar-refractivity contribution in [3.05, 3.63) is 116 Å². The average molecular weight is 643 g/mol. The van der Waals surface area contributed by atoms with Crippen molar-refractivity contribution in [2.75, 3.05) is 18.4 Å². The molecule has 0 spiro atoms. The molecular formula is C28H21Cl3F3N3O3S. The van der Waals surface area contributed by atoms with Gasteiger partial charge in [-0.3, -0.25) is 14.4 Å². The Labute approximate surface area is 252 Å². The second kappa shape index (κ2) is 15.0. The lowest BCUT2D eigenvalue weighted by Crippen LogP contribution is -2.25. The Kier molecular flexibility index (Phi) is 11.7. The highest BCUT2D eigenvalue weighted by Gasteiger charge is 2.35. The second-order valence-electron chi connectivity index (χ2n) is 8.23. The standard InChI is InChI=1S/C21H17ClF3N3O2S.C7H4Cl2O/c22-14-8-6-13(7-9-14)19(30)26-10-3-11-27-20-28-12-17(31-20)18(29)15-4-1-2-5-16(15)21(23,24)25;8-6-3-1-5(2-4-6)7(9)10/h1-2,4-9,12H,3,10-11H2,(H,26,30)(H,27,28);1-4H. The molecule has 0 aliphatic rings. The molecule has 214 valence electrons. The first-order valence-corrected chi connectivity index (χ1v) is 13.8. The largest absolute Gasteiger partial charge is 0.417 e. The van der Waals surface area contributed by atoms with Crippen molar-refractivity contribution in [1.29, 1.82) is 0 Å². The van der Waals surface area contributed by atoms with Crippen LogP contribution in [0, 0.1) is 0 Å². The van der Waals surface area contributed by atoms with Gasteiger partial charge in [0.25, 0.3) is 11.1 Å². The highest BCUT2D eigenvalue weighted by molar-refractivity contribution is 7.17. The molecule has 0 radical (unpaired) electrons. The van der Waals surface area contributed by atoms with E-state index in [1.54, 1.807) is 48.5 Å². The third kappa shape index (κ3) is 9.86. The number of hydrogen-bond acceptors (Lipinski definition) is 6. The molecule has 13 heteroatoms. The number of nitrogens with zero attached hydrogens (tertiary/aromatic N) is 1. The number of benzene rings is 3. The number of amides is 1. The van der Waals surface area contributed by atoms with Gasteiger partial charge in [0, 0.05) is 39.8 Å². The first-order chi connectivity index (χ1) is 19.5. The van der Waals surface area contributed by atoms with E-state index in [2.05, 4.69) is 15.6 Å². The van der Waals surface area contributed by atoms with Gasteiger partial charge in [-0.05, 0) is 72.6 Å². The van der Waals surface area contributed by atoms with Crippen LogP contribution in [0.25, 0.3) is 0 Å². The molecule has 0 bridgehead atoms. The molecule has 0 atom stereocenters. The van der Waals surface area contributed by atoms with Crippen LogP contribution in [0.3, 0.4) is 0 Å². The lowest BCUT2D eigenvalue weighted by atomic mass is 10.0. The van der Waals surface area contributed by atoms with E-state index in [1.807, 2.05) is 0 Å².